The van der Waals surface area contributed by atoms with E-state index in [2.05, 4.69) is 15.0 Å². The van der Waals surface area contributed by atoms with Crippen molar-refractivity contribution < 1.29 is 23.4 Å². The first-order valence-electron chi connectivity index (χ1n) is 8.16. The summed E-state index contributed by atoms with van der Waals surface area (Å²) < 4.78 is 29.0. The number of rotatable bonds is 4. The summed E-state index contributed by atoms with van der Waals surface area (Å²) in [5, 5.41) is 13.6. The van der Waals surface area contributed by atoms with Gasteiger partial charge in [-0.25, -0.2) is 0 Å². The highest BCUT2D eigenvalue weighted by Gasteiger charge is 2.33. The lowest BCUT2D eigenvalue weighted by atomic mass is 9.90. The third-order valence-corrected chi connectivity index (χ3v) is 4.65. The summed E-state index contributed by atoms with van der Waals surface area (Å²) in [6.45, 7) is -2.88. The highest BCUT2D eigenvalue weighted by molar-refractivity contribution is 5.87. The van der Waals surface area contributed by atoms with Gasteiger partial charge in [0.25, 0.3) is 0 Å². The maximum Gasteiger partial charge on any atom is 0.387 e. The monoisotopic (exact) mass is 358 g/mol. The molecule has 0 saturated heterocycles. The Morgan fingerprint density at radius 1 is 1.15 bits per heavy atom. The number of halogens is 2. The normalized spacial score (nSPS) is 19.5. The summed E-state index contributed by atoms with van der Waals surface area (Å²) in [7, 11) is 0. The van der Waals surface area contributed by atoms with E-state index in [0.29, 0.717) is 6.42 Å². The van der Waals surface area contributed by atoms with Crippen LogP contribution in [0.4, 0.5) is 8.78 Å². The molecule has 0 bridgehead atoms. The Labute approximate surface area is 147 Å². The lowest BCUT2D eigenvalue weighted by Crippen LogP contribution is -2.44. The number of carboxylic acid groups (broad SMARTS) is 1. The molecule has 2 heterocycles. The molecular weight excluding hydrogens is 342 g/mol. The second-order valence-corrected chi connectivity index (χ2v) is 6.20. The van der Waals surface area contributed by atoms with Gasteiger partial charge < -0.3 is 14.8 Å². The molecule has 1 aliphatic heterocycles. The van der Waals surface area contributed by atoms with Crippen LogP contribution >= 0.6 is 0 Å². The van der Waals surface area contributed by atoms with Gasteiger partial charge in [-0.2, -0.15) is 8.78 Å². The van der Waals surface area contributed by atoms with Crippen LogP contribution in [0.5, 0.6) is 5.75 Å². The number of benzene rings is 2. The molecule has 0 spiro atoms. The summed E-state index contributed by atoms with van der Waals surface area (Å²) in [5.74, 6) is -0.866. The first-order valence-corrected chi connectivity index (χ1v) is 8.16. The Bertz CT molecular complexity index is 953. The van der Waals surface area contributed by atoms with Gasteiger partial charge in [-0.15, -0.1) is 0 Å². The number of para-hydroxylation sites is 1. The van der Waals surface area contributed by atoms with E-state index >= 15 is 0 Å². The molecule has 0 aliphatic carbocycles. The maximum absolute atomic E-state index is 12.3. The standard InChI is InChI=1S/C19H16F2N2O3/c20-19(21)26-11-7-5-10(6-8-11)16-17-13(9-15(23-16)18(24)25)12-3-1-2-4-14(12)22-17/h1-8,15-16,19,22-23H,9H2,(H,24,25)/t15-,16+/m0/s1. The summed E-state index contributed by atoms with van der Waals surface area (Å²) in [6.07, 6.45) is 0.373. The minimum absolute atomic E-state index is 0.0613. The van der Waals surface area contributed by atoms with Crippen LogP contribution in [-0.2, 0) is 11.2 Å². The summed E-state index contributed by atoms with van der Waals surface area (Å²) in [4.78, 5) is 15.0. The number of nitrogens with one attached hydrogen (secondary N) is 2. The predicted molar refractivity (Wildman–Crippen MR) is 91.5 cm³/mol. The minimum Gasteiger partial charge on any atom is -0.480 e. The highest BCUT2D eigenvalue weighted by Crippen LogP contribution is 2.35. The minimum atomic E-state index is -2.88. The Hall–Kier alpha value is -2.93. The summed E-state index contributed by atoms with van der Waals surface area (Å²) in [6, 6.07) is 12.9. The lowest BCUT2D eigenvalue weighted by molar-refractivity contribution is -0.139. The Morgan fingerprint density at radius 3 is 2.58 bits per heavy atom. The van der Waals surface area contributed by atoms with E-state index in [-0.39, 0.29) is 11.8 Å². The fourth-order valence-corrected chi connectivity index (χ4v) is 3.50. The molecule has 0 fully saturated rings. The van der Waals surface area contributed by atoms with Gasteiger partial charge in [-0.1, -0.05) is 30.3 Å². The van der Waals surface area contributed by atoms with E-state index in [1.165, 1.54) is 12.1 Å². The molecule has 0 radical (unpaired) electrons. The van der Waals surface area contributed by atoms with Crippen molar-refractivity contribution in [3.05, 3.63) is 65.4 Å². The fourth-order valence-electron chi connectivity index (χ4n) is 3.50. The van der Waals surface area contributed by atoms with Crippen molar-refractivity contribution in [3.8, 4) is 5.75 Å². The second-order valence-electron chi connectivity index (χ2n) is 6.20. The number of aliphatic carboxylic acids is 1. The van der Waals surface area contributed by atoms with Crippen LogP contribution in [0.15, 0.2) is 48.5 Å². The quantitative estimate of drug-likeness (QED) is 0.668. The molecule has 3 aromatic rings. The van der Waals surface area contributed by atoms with Crippen molar-refractivity contribution >= 4 is 16.9 Å². The van der Waals surface area contributed by atoms with Gasteiger partial charge in [-0.05, 0) is 29.3 Å². The third kappa shape index (κ3) is 2.90. The SMILES string of the molecule is O=C(O)[C@@H]1Cc2c([nH]c3ccccc23)[C@@H](c2ccc(OC(F)F)cc2)N1. The molecule has 7 heteroatoms. The van der Waals surface area contributed by atoms with Crippen LogP contribution in [-0.4, -0.2) is 28.7 Å². The van der Waals surface area contributed by atoms with E-state index in [0.717, 1.165) is 27.7 Å². The second kappa shape index (κ2) is 6.42. The lowest BCUT2D eigenvalue weighted by Gasteiger charge is -2.29. The number of fused-ring (bicyclic) bond motifs is 3. The van der Waals surface area contributed by atoms with Crippen molar-refractivity contribution in [3.63, 3.8) is 0 Å². The molecule has 26 heavy (non-hydrogen) atoms. The zero-order valence-corrected chi connectivity index (χ0v) is 13.6. The number of ether oxygens (including phenoxy) is 1. The van der Waals surface area contributed by atoms with Crippen LogP contribution in [0.1, 0.15) is 22.9 Å². The van der Waals surface area contributed by atoms with Gasteiger partial charge in [0, 0.05) is 23.0 Å². The van der Waals surface area contributed by atoms with Gasteiger partial charge >= 0.3 is 12.6 Å². The van der Waals surface area contributed by atoms with Crippen molar-refractivity contribution in [1.82, 2.24) is 10.3 Å². The Kier molecular flexibility index (Phi) is 4.08. The first-order chi connectivity index (χ1) is 12.5. The zero-order valence-electron chi connectivity index (χ0n) is 13.6. The Morgan fingerprint density at radius 2 is 1.88 bits per heavy atom. The van der Waals surface area contributed by atoms with Gasteiger partial charge in [-0.3, -0.25) is 10.1 Å². The van der Waals surface area contributed by atoms with Crippen LogP contribution in [0, 0.1) is 0 Å². The van der Waals surface area contributed by atoms with Crippen LogP contribution < -0.4 is 10.1 Å². The topological polar surface area (TPSA) is 74.3 Å². The number of aromatic nitrogens is 1. The van der Waals surface area contributed by atoms with Crippen molar-refractivity contribution in [2.24, 2.45) is 0 Å². The van der Waals surface area contributed by atoms with Crippen molar-refractivity contribution in [2.45, 2.75) is 25.1 Å². The molecule has 4 rings (SSSR count). The number of carbonyl (C=O) groups is 1. The van der Waals surface area contributed by atoms with Crippen LogP contribution in [0.3, 0.4) is 0 Å². The van der Waals surface area contributed by atoms with Gasteiger partial charge in [0.15, 0.2) is 0 Å². The molecule has 5 nitrogen and oxygen atoms in total. The van der Waals surface area contributed by atoms with E-state index in [1.54, 1.807) is 12.1 Å². The summed E-state index contributed by atoms with van der Waals surface area (Å²) in [5.41, 5.74) is 3.56. The number of hydrogen-bond acceptors (Lipinski definition) is 3. The first kappa shape index (κ1) is 16.5. The molecule has 0 amide bonds. The Balaban J connectivity index is 1.77. The average molecular weight is 358 g/mol. The molecule has 0 unspecified atom stereocenters. The molecule has 2 aromatic carbocycles. The number of hydrogen-bond donors (Lipinski definition) is 3. The fraction of sp³-hybridized carbons (Fsp3) is 0.211. The molecule has 3 N–H and O–H groups in total. The number of aromatic amines is 1. The number of carboxylic acids is 1. The molecule has 2 atom stereocenters. The van der Waals surface area contributed by atoms with Crippen LogP contribution in [0.2, 0.25) is 0 Å². The molecule has 1 aliphatic rings. The summed E-state index contributed by atoms with van der Waals surface area (Å²) >= 11 is 0. The van der Waals surface area contributed by atoms with E-state index in [9.17, 15) is 18.7 Å². The zero-order chi connectivity index (χ0) is 18.3. The number of alkyl halides is 2. The van der Waals surface area contributed by atoms with Crippen molar-refractivity contribution in [2.75, 3.05) is 0 Å². The maximum atomic E-state index is 12.3. The largest absolute Gasteiger partial charge is 0.480 e. The third-order valence-electron chi connectivity index (χ3n) is 4.65. The van der Waals surface area contributed by atoms with Crippen LogP contribution in [0.25, 0.3) is 10.9 Å². The van der Waals surface area contributed by atoms with E-state index < -0.39 is 18.6 Å². The van der Waals surface area contributed by atoms with E-state index in [4.69, 9.17) is 0 Å². The smallest absolute Gasteiger partial charge is 0.387 e. The van der Waals surface area contributed by atoms with E-state index in [1.807, 2.05) is 24.3 Å². The molecule has 0 saturated carbocycles. The van der Waals surface area contributed by atoms with Gasteiger partial charge in [0.05, 0.1) is 6.04 Å². The number of H-pyrrole nitrogens is 1. The van der Waals surface area contributed by atoms with Gasteiger partial charge in [0.1, 0.15) is 11.8 Å². The highest BCUT2D eigenvalue weighted by atomic mass is 19.3. The van der Waals surface area contributed by atoms with Crippen molar-refractivity contribution in [1.29, 1.82) is 0 Å². The molecular formula is C19H16F2N2O3. The molecule has 134 valence electrons. The molecule has 1 aromatic heterocycles. The average Bonchev–Trinajstić information content (AvgIpc) is 3.00. The van der Waals surface area contributed by atoms with Gasteiger partial charge in [0.2, 0.25) is 0 Å². The predicted octanol–water partition coefficient (Wildman–Crippen LogP) is 3.46.